The lowest BCUT2D eigenvalue weighted by Crippen LogP contribution is -2.31. The first-order valence-corrected chi connectivity index (χ1v) is 7.86. The molecule has 0 aliphatic rings. The lowest BCUT2D eigenvalue weighted by molar-refractivity contribution is 0.135. The van der Waals surface area contributed by atoms with Crippen LogP contribution in [0.4, 0.5) is 0 Å². The molecule has 0 saturated heterocycles. The van der Waals surface area contributed by atoms with E-state index >= 15 is 0 Å². The Bertz CT molecular complexity index is 620. The van der Waals surface area contributed by atoms with Gasteiger partial charge in [-0.1, -0.05) is 30.3 Å². The van der Waals surface area contributed by atoms with Crippen LogP contribution >= 0.6 is 0 Å². The van der Waals surface area contributed by atoms with Crippen molar-refractivity contribution in [2.75, 3.05) is 21.3 Å². The first-order chi connectivity index (χ1) is 11.6. The SMILES string of the molecule is COc1cc(CN[C@@H](C)[C@H](O)c2ccccc2)cc(OC)c1OC. The van der Waals surface area contributed by atoms with Gasteiger partial charge in [0.1, 0.15) is 0 Å². The van der Waals surface area contributed by atoms with Gasteiger partial charge in [-0.05, 0) is 30.2 Å². The lowest BCUT2D eigenvalue weighted by atomic mass is 10.0. The average Bonchev–Trinajstić information content (AvgIpc) is 2.65. The first kappa shape index (κ1) is 18.1. The van der Waals surface area contributed by atoms with E-state index in [4.69, 9.17) is 14.2 Å². The van der Waals surface area contributed by atoms with Gasteiger partial charge in [-0.2, -0.15) is 0 Å². The molecular formula is C19H25NO4. The number of hydrogen-bond donors (Lipinski definition) is 2. The van der Waals surface area contributed by atoms with Gasteiger partial charge in [0.2, 0.25) is 5.75 Å². The quantitative estimate of drug-likeness (QED) is 0.779. The Balaban J connectivity index is 2.08. The summed E-state index contributed by atoms with van der Waals surface area (Å²) in [6, 6.07) is 13.3. The van der Waals surface area contributed by atoms with Crippen molar-refractivity contribution in [3.63, 3.8) is 0 Å². The van der Waals surface area contributed by atoms with Crippen LogP contribution < -0.4 is 19.5 Å². The molecule has 0 bridgehead atoms. The monoisotopic (exact) mass is 331 g/mol. The summed E-state index contributed by atoms with van der Waals surface area (Å²) in [4.78, 5) is 0. The van der Waals surface area contributed by atoms with Crippen LogP contribution in [0.15, 0.2) is 42.5 Å². The molecule has 0 amide bonds. The highest BCUT2D eigenvalue weighted by Gasteiger charge is 2.17. The number of nitrogens with one attached hydrogen (secondary N) is 1. The van der Waals surface area contributed by atoms with Crippen molar-refractivity contribution in [3.8, 4) is 17.2 Å². The van der Waals surface area contributed by atoms with Gasteiger partial charge in [-0.25, -0.2) is 0 Å². The summed E-state index contributed by atoms with van der Waals surface area (Å²) in [5, 5.41) is 13.8. The van der Waals surface area contributed by atoms with Crippen LogP contribution in [0.2, 0.25) is 0 Å². The van der Waals surface area contributed by atoms with Gasteiger partial charge >= 0.3 is 0 Å². The van der Waals surface area contributed by atoms with Gasteiger partial charge in [0, 0.05) is 12.6 Å². The molecule has 0 aromatic heterocycles. The number of aliphatic hydroxyl groups is 1. The minimum atomic E-state index is -0.576. The molecule has 0 heterocycles. The number of methoxy groups -OCH3 is 3. The second kappa shape index (κ2) is 8.57. The topological polar surface area (TPSA) is 60.0 Å². The Kier molecular flexibility index (Phi) is 6.46. The molecular weight excluding hydrogens is 306 g/mol. The number of ether oxygens (including phenoxy) is 3. The van der Waals surface area contributed by atoms with Gasteiger partial charge in [0.05, 0.1) is 27.4 Å². The second-order valence-corrected chi connectivity index (χ2v) is 5.56. The zero-order valence-electron chi connectivity index (χ0n) is 14.6. The minimum absolute atomic E-state index is 0.105. The normalized spacial score (nSPS) is 13.2. The zero-order valence-corrected chi connectivity index (χ0v) is 14.6. The molecule has 2 aromatic rings. The Hall–Kier alpha value is -2.24. The Morgan fingerprint density at radius 1 is 0.958 bits per heavy atom. The van der Waals surface area contributed by atoms with Crippen molar-refractivity contribution < 1.29 is 19.3 Å². The fourth-order valence-corrected chi connectivity index (χ4v) is 2.57. The zero-order chi connectivity index (χ0) is 17.5. The summed E-state index contributed by atoms with van der Waals surface area (Å²) >= 11 is 0. The van der Waals surface area contributed by atoms with Crippen LogP contribution in [0.1, 0.15) is 24.2 Å². The molecule has 2 atom stereocenters. The van der Waals surface area contributed by atoms with Crippen molar-refractivity contribution in [1.82, 2.24) is 5.32 Å². The summed E-state index contributed by atoms with van der Waals surface area (Å²) in [7, 11) is 4.77. The number of benzene rings is 2. The highest BCUT2D eigenvalue weighted by Crippen LogP contribution is 2.38. The van der Waals surface area contributed by atoms with Crippen LogP contribution in [0.3, 0.4) is 0 Å². The van der Waals surface area contributed by atoms with Gasteiger partial charge in [-0.3, -0.25) is 0 Å². The molecule has 0 aliphatic heterocycles. The van der Waals surface area contributed by atoms with E-state index in [0.717, 1.165) is 11.1 Å². The predicted molar refractivity (Wildman–Crippen MR) is 93.8 cm³/mol. The van der Waals surface area contributed by atoms with Crippen LogP contribution in [0.25, 0.3) is 0 Å². The summed E-state index contributed by atoms with van der Waals surface area (Å²) in [6.07, 6.45) is -0.576. The van der Waals surface area contributed by atoms with Crippen molar-refractivity contribution in [2.45, 2.75) is 25.6 Å². The molecule has 0 fully saturated rings. The van der Waals surface area contributed by atoms with Gasteiger partial charge in [0.15, 0.2) is 11.5 Å². The molecule has 0 unspecified atom stereocenters. The minimum Gasteiger partial charge on any atom is -0.493 e. The van der Waals surface area contributed by atoms with E-state index in [-0.39, 0.29) is 6.04 Å². The summed E-state index contributed by atoms with van der Waals surface area (Å²) in [6.45, 7) is 2.53. The van der Waals surface area contributed by atoms with Crippen molar-refractivity contribution in [3.05, 3.63) is 53.6 Å². The lowest BCUT2D eigenvalue weighted by Gasteiger charge is -2.21. The molecule has 0 spiro atoms. The van der Waals surface area contributed by atoms with Crippen LogP contribution in [-0.4, -0.2) is 32.5 Å². The first-order valence-electron chi connectivity index (χ1n) is 7.86. The maximum atomic E-state index is 10.4. The van der Waals surface area contributed by atoms with Crippen molar-refractivity contribution >= 4 is 0 Å². The van der Waals surface area contributed by atoms with Gasteiger partial charge < -0.3 is 24.6 Å². The molecule has 24 heavy (non-hydrogen) atoms. The van der Waals surface area contributed by atoms with Gasteiger partial charge in [-0.15, -0.1) is 0 Å². The molecule has 2 aromatic carbocycles. The van der Waals surface area contributed by atoms with E-state index in [1.807, 2.05) is 49.4 Å². The summed E-state index contributed by atoms with van der Waals surface area (Å²) in [5.74, 6) is 1.80. The third-order valence-electron chi connectivity index (χ3n) is 3.97. The van der Waals surface area contributed by atoms with Crippen LogP contribution in [-0.2, 0) is 6.54 Å². The predicted octanol–water partition coefficient (Wildman–Crippen LogP) is 2.92. The molecule has 5 heteroatoms. The van der Waals surface area contributed by atoms with E-state index in [2.05, 4.69) is 5.32 Å². The van der Waals surface area contributed by atoms with Crippen molar-refractivity contribution in [1.29, 1.82) is 0 Å². The fraction of sp³-hybridized carbons (Fsp3) is 0.368. The standard InChI is InChI=1S/C19H25NO4/c1-13(18(21)15-8-6-5-7-9-15)20-12-14-10-16(22-2)19(24-4)17(11-14)23-3/h5-11,13,18,20-21H,12H2,1-4H3/t13-,18-/m0/s1. The van der Waals surface area contributed by atoms with E-state index in [9.17, 15) is 5.11 Å². The van der Waals surface area contributed by atoms with E-state index < -0.39 is 6.10 Å². The summed E-state index contributed by atoms with van der Waals surface area (Å²) < 4.78 is 16.0. The van der Waals surface area contributed by atoms with Crippen LogP contribution in [0.5, 0.6) is 17.2 Å². The number of hydrogen-bond acceptors (Lipinski definition) is 5. The van der Waals surface area contributed by atoms with E-state index in [1.54, 1.807) is 21.3 Å². The largest absolute Gasteiger partial charge is 0.493 e. The molecule has 2 rings (SSSR count). The third kappa shape index (κ3) is 4.19. The molecule has 2 N–H and O–H groups in total. The van der Waals surface area contributed by atoms with Crippen LogP contribution in [0, 0.1) is 0 Å². The van der Waals surface area contributed by atoms with Gasteiger partial charge in [0.25, 0.3) is 0 Å². The van der Waals surface area contributed by atoms with E-state index in [0.29, 0.717) is 23.8 Å². The maximum absolute atomic E-state index is 10.4. The maximum Gasteiger partial charge on any atom is 0.203 e. The molecule has 5 nitrogen and oxygen atoms in total. The summed E-state index contributed by atoms with van der Waals surface area (Å²) in [5.41, 5.74) is 1.87. The van der Waals surface area contributed by atoms with Crippen molar-refractivity contribution in [2.24, 2.45) is 0 Å². The average molecular weight is 331 g/mol. The van der Waals surface area contributed by atoms with E-state index in [1.165, 1.54) is 0 Å². The second-order valence-electron chi connectivity index (χ2n) is 5.56. The Morgan fingerprint density at radius 3 is 2.04 bits per heavy atom. The highest BCUT2D eigenvalue weighted by molar-refractivity contribution is 5.53. The molecule has 130 valence electrons. The Morgan fingerprint density at radius 2 is 1.54 bits per heavy atom. The highest BCUT2D eigenvalue weighted by atomic mass is 16.5. The molecule has 0 aliphatic carbocycles. The Labute approximate surface area is 143 Å². The third-order valence-corrected chi connectivity index (χ3v) is 3.97. The fourth-order valence-electron chi connectivity index (χ4n) is 2.57. The number of aliphatic hydroxyl groups excluding tert-OH is 1. The molecule has 0 saturated carbocycles. The number of rotatable bonds is 8. The smallest absolute Gasteiger partial charge is 0.203 e. The molecule has 0 radical (unpaired) electrons.